The number of aliphatic carboxylic acids is 1. The summed E-state index contributed by atoms with van der Waals surface area (Å²) < 4.78 is 0. The first-order chi connectivity index (χ1) is 7.09. The van der Waals surface area contributed by atoms with Crippen molar-refractivity contribution >= 4 is 23.2 Å². The largest absolute Gasteiger partial charge is 0.481 e. The van der Waals surface area contributed by atoms with Gasteiger partial charge in [-0.3, -0.25) is 4.79 Å². The van der Waals surface area contributed by atoms with Crippen LogP contribution < -0.4 is 5.73 Å². The second-order valence-electron chi connectivity index (χ2n) is 2.82. The summed E-state index contributed by atoms with van der Waals surface area (Å²) in [7, 11) is 0. The molecule has 0 atom stereocenters. The summed E-state index contributed by atoms with van der Waals surface area (Å²) >= 11 is 4.81. The summed E-state index contributed by atoms with van der Waals surface area (Å²) in [5.41, 5.74) is 6.89. The summed E-state index contributed by atoms with van der Waals surface area (Å²) in [5.74, 6) is 4.32. The molecule has 3 N–H and O–H groups in total. The maximum Gasteiger partial charge on any atom is 0.315 e. The quantitative estimate of drug-likeness (QED) is 0.578. The Balaban J connectivity index is 2.85. The first-order valence-electron chi connectivity index (χ1n) is 4.20. The number of hydrogen-bond acceptors (Lipinski definition) is 2. The Morgan fingerprint density at radius 3 is 2.87 bits per heavy atom. The van der Waals surface area contributed by atoms with Crippen LogP contribution in [0.1, 0.15) is 17.5 Å². The SMILES string of the molecule is NC(=S)c1cccc(C#CCC(=O)O)c1. The Morgan fingerprint density at radius 1 is 1.53 bits per heavy atom. The van der Waals surface area contributed by atoms with E-state index in [0.717, 1.165) is 5.56 Å². The molecule has 76 valence electrons. The molecular weight excluding hydrogens is 210 g/mol. The van der Waals surface area contributed by atoms with E-state index in [9.17, 15) is 4.79 Å². The van der Waals surface area contributed by atoms with Gasteiger partial charge < -0.3 is 10.8 Å². The van der Waals surface area contributed by atoms with Gasteiger partial charge >= 0.3 is 5.97 Å². The first-order valence-corrected chi connectivity index (χ1v) is 4.61. The van der Waals surface area contributed by atoms with E-state index in [1.54, 1.807) is 24.3 Å². The minimum Gasteiger partial charge on any atom is -0.481 e. The molecule has 1 aromatic carbocycles. The van der Waals surface area contributed by atoms with Crippen LogP contribution in [0.25, 0.3) is 0 Å². The van der Waals surface area contributed by atoms with Gasteiger partial charge in [0.25, 0.3) is 0 Å². The average molecular weight is 219 g/mol. The topological polar surface area (TPSA) is 63.3 Å². The van der Waals surface area contributed by atoms with Crippen molar-refractivity contribution in [3.05, 3.63) is 35.4 Å². The van der Waals surface area contributed by atoms with E-state index in [2.05, 4.69) is 11.8 Å². The Labute approximate surface area is 92.9 Å². The molecule has 4 heteroatoms. The van der Waals surface area contributed by atoms with E-state index < -0.39 is 5.97 Å². The van der Waals surface area contributed by atoms with Gasteiger partial charge in [-0.1, -0.05) is 36.2 Å². The lowest BCUT2D eigenvalue weighted by Crippen LogP contribution is -2.09. The average Bonchev–Trinajstić information content (AvgIpc) is 2.17. The van der Waals surface area contributed by atoms with Crippen molar-refractivity contribution in [2.24, 2.45) is 5.73 Å². The smallest absolute Gasteiger partial charge is 0.315 e. The number of hydrogen-bond donors (Lipinski definition) is 2. The summed E-state index contributed by atoms with van der Waals surface area (Å²) in [6, 6.07) is 7.07. The zero-order valence-corrected chi connectivity index (χ0v) is 8.67. The fourth-order valence-electron chi connectivity index (χ4n) is 0.972. The Hall–Kier alpha value is -1.86. The number of carboxylic acid groups (broad SMARTS) is 1. The van der Waals surface area contributed by atoms with Crippen molar-refractivity contribution in [1.82, 2.24) is 0 Å². The fraction of sp³-hybridized carbons (Fsp3) is 0.0909. The van der Waals surface area contributed by atoms with Crippen molar-refractivity contribution in [1.29, 1.82) is 0 Å². The van der Waals surface area contributed by atoms with Gasteiger partial charge in [0.2, 0.25) is 0 Å². The highest BCUT2D eigenvalue weighted by molar-refractivity contribution is 7.80. The number of carboxylic acids is 1. The molecule has 1 rings (SSSR count). The molecule has 0 bridgehead atoms. The monoisotopic (exact) mass is 219 g/mol. The van der Waals surface area contributed by atoms with Crippen molar-refractivity contribution in [2.75, 3.05) is 0 Å². The molecule has 0 aliphatic carbocycles. The Morgan fingerprint density at radius 2 is 2.27 bits per heavy atom. The summed E-state index contributed by atoms with van der Waals surface area (Å²) in [6.07, 6.45) is -0.169. The van der Waals surface area contributed by atoms with Crippen LogP contribution in [0.15, 0.2) is 24.3 Å². The number of benzene rings is 1. The molecule has 0 amide bonds. The number of thiocarbonyl (C=S) groups is 1. The Bertz CT molecular complexity index is 457. The van der Waals surface area contributed by atoms with Crippen LogP contribution in [0.2, 0.25) is 0 Å². The molecule has 0 spiro atoms. The maximum absolute atomic E-state index is 10.2. The van der Waals surface area contributed by atoms with Gasteiger partial charge in [0.1, 0.15) is 11.4 Å². The third-order valence-corrected chi connectivity index (χ3v) is 1.86. The predicted molar refractivity (Wildman–Crippen MR) is 61.5 cm³/mol. The molecule has 0 aliphatic rings. The van der Waals surface area contributed by atoms with E-state index in [0.29, 0.717) is 10.6 Å². The molecule has 0 saturated carbocycles. The molecule has 0 aliphatic heterocycles. The standard InChI is InChI=1S/C11H9NO2S/c12-11(15)9-5-1-3-8(7-9)4-2-6-10(13)14/h1,3,5,7H,6H2,(H2,12,15)(H,13,14). The molecule has 3 nitrogen and oxygen atoms in total. The van der Waals surface area contributed by atoms with Crippen molar-refractivity contribution < 1.29 is 9.90 Å². The number of nitrogens with two attached hydrogens (primary N) is 1. The predicted octanol–water partition coefficient (Wildman–Crippen LogP) is 1.15. The summed E-state index contributed by atoms with van der Waals surface area (Å²) in [5, 5.41) is 8.39. The van der Waals surface area contributed by atoms with E-state index in [-0.39, 0.29) is 6.42 Å². The lowest BCUT2D eigenvalue weighted by molar-refractivity contribution is -0.135. The van der Waals surface area contributed by atoms with E-state index in [1.165, 1.54) is 0 Å². The number of rotatable bonds is 2. The van der Waals surface area contributed by atoms with E-state index in [4.69, 9.17) is 23.1 Å². The highest BCUT2D eigenvalue weighted by Gasteiger charge is 1.95. The number of carbonyl (C=O) groups is 1. The van der Waals surface area contributed by atoms with Gasteiger partial charge in [0.15, 0.2) is 0 Å². The van der Waals surface area contributed by atoms with Crippen LogP contribution in [-0.4, -0.2) is 16.1 Å². The normalized spacial score (nSPS) is 8.80. The first kappa shape index (κ1) is 11.2. The van der Waals surface area contributed by atoms with Gasteiger partial charge in [-0.2, -0.15) is 0 Å². The summed E-state index contributed by atoms with van der Waals surface area (Å²) in [6.45, 7) is 0. The lowest BCUT2D eigenvalue weighted by Gasteiger charge is -1.97. The second kappa shape index (κ2) is 5.13. The molecule has 15 heavy (non-hydrogen) atoms. The minimum atomic E-state index is -0.937. The third kappa shape index (κ3) is 3.79. The van der Waals surface area contributed by atoms with Gasteiger partial charge in [0.05, 0.1) is 0 Å². The van der Waals surface area contributed by atoms with Crippen LogP contribution in [0.3, 0.4) is 0 Å². The van der Waals surface area contributed by atoms with Crippen LogP contribution in [0, 0.1) is 11.8 Å². The molecule has 0 aromatic heterocycles. The van der Waals surface area contributed by atoms with Crippen molar-refractivity contribution in [3.8, 4) is 11.8 Å². The van der Waals surface area contributed by atoms with Gasteiger partial charge in [-0.05, 0) is 12.1 Å². The minimum absolute atomic E-state index is 0.169. The summed E-state index contributed by atoms with van der Waals surface area (Å²) in [4.78, 5) is 10.5. The second-order valence-corrected chi connectivity index (χ2v) is 3.26. The van der Waals surface area contributed by atoms with Crippen LogP contribution in [-0.2, 0) is 4.79 Å². The van der Waals surface area contributed by atoms with Crippen molar-refractivity contribution in [3.63, 3.8) is 0 Å². The molecule has 0 heterocycles. The van der Waals surface area contributed by atoms with Crippen LogP contribution >= 0.6 is 12.2 Å². The van der Waals surface area contributed by atoms with Crippen molar-refractivity contribution in [2.45, 2.75) is 6.42 Å². The Kier molecular flexibility index (Phi) is 3.83. The van der Waals surface area contributed by atoms with Gasteiger partial charge in [-0.15, -0.1) is 0 Å². The zero-order chi connectivity index (χ0) is 11.3. The fourth-order valence-corrected chi connectivity index (χ4v) is 1.10. The zero-order valence-electron chi connectivity index (χ0n) is 7.86. The lowest BCUT2D eigenvalue weighted by atomic mass is 10.1. The molecular formula is C11H9NO2S. The molecule has 0 saturated heterocycles. The third-order valence-electron chi connectivity index (χ3n) is 1.62. The highest BCUT2D eigenvalue weighted by Crippen LogP contribution is 2.03. The molecule has 0 radical (unpaired) electrons. The van der Waals surface area contributed by atoms with Crippen LogP contribution in [0.5, 0.6) is 0 Å². The molecule has 1 aromatic rings. The molecule has 0 fully saturated rings. The van der Waals surface area contributed by atoms with E-state index >= 15 is 0 Å². The molecule has 0 unspecified atom stereocenters. The maximum atomic E-state index is 10.2. The highest BCUT2D eigenvalue weighted by atomic mass is 32.1. The van der Waals surface area contributed by atoms with Gasteiger partial charge in [-0.25, -0.2) is 0 Å². The van der Waals surface area contributed by atoms with E-state index in [1.807, 2.05) is 0 Å². The van der Waals surface area contributed by atoms with Crippen LogP contribution in [0.4, 0.5) is 0 Å². The van der Waals surface area contributed by atoms with Gasteiger partial charge in [0, 0.05) is 11.1 Å².